The molecule has 0 aromatic carbocycles. The van der Waals surface area contributed by atoms with E-state index in [1.54, 1.807) is 0 Å². The van der Waals surface area contributed by atoms with Crippen molar-refractivity contribution < 1.29 is 8.78 Å². The van der Waals surface area contributed by atoms with Crippen molar-refractivity contribution in [1.29, 1.82) is 0 Å². The van der Waals surface area contributed by atoms with Crippen molar-refractivity contribution in [2.24, 2.45) is 5.84 Å². The predicted molar refractivity (Wildman–Crippen MR) is 56.5 cm³/mol. The number of pyridine rings is 2. The summed E-state index contributed by atoms with van der Waals surface area (Å²) in [6.07, 6.45) is 2.20. The molecule has 0 fully saturated rings. The highest BCUT2D eigenvalue weighted by molar-refractivity contribution is 5.97. The molecule has 0 aliphatic rings. The number of halogens is 2. The van der Waals surface area contributed by atoms with E-state index in [1.165, 1.54) is 13.2 Å². The highest BCUT2D eigenvalue weighted by Gasteiger charge is 2.17. The largest absolute Gasteiger partial charge is 0.382 e. The van der Waals surface area contributed by atoms with E-state index in [1.807, 2.05) is 0 Å². The van der Waals surface area contributed by atoms with Crippen LogP contribution in [-0.4, -0.2) is 17.0 Å². The van der Waals surface area contributed by atoms with Crippen LogP contribution in [-0.2, 0) is 0 Å². The molecular weight excluding hydrogens is 216 g/mol. The molecule has 0 amide bonds. The van der Waals surface area contributed by atoms with Gasteiger partial charge in [0.2, 0.25) is 5.95 Å². The van der Waals surface area contributed by atoms with Gasteiger partial charge in [-0.15, -0.1) is 0 Å². The molecule has 4 N–H and O–H groups in total. The Kier molecular flexibility index (Phi) is 2.31. The van der Waals surface area contributed by atoms with E-state index in [4.69, 9.17) is 11.6 Å². The van der Waals surface area contributed by atoms with Gasteiger partial charge < -0.3 is 10.7 Å². The summed E-state index contributed by atoms with van der Waals surface area (Å²) in [5.74, 6) is 3.64. The third-order valence-corrected chi connectivity index (χ3v) is 2.18. The first kappa shape index (κ1) is 10.5. The minimum absolute atomic E-state index is 0.109. The third-order valence-electron chi connectivity index (χ3n) is 2.18. The second kappa shape index (κ2) is 3.53. The molecule has 0 aliphatic heterocycles. The van der Waals surface area contributed by atoms with E-state index >= 15 is 0 Å². The lowest BCUT2D eigenvalue weighted by Crippen LogP contribution is -2.27. The maximum absolute atomic E-state index is 13.4. The van der Waals surface area contributed by atoms with Gasteiger partial charge in [-0.1, -0.05) is 0 Å². The first-order valence-electron chi connectivity index (χ1n) is 4.39. The van der Waals surface area contributed by atoms with E-state index in [0.29, 0.717) is 0 Å². The van der Waals surface area contributed by atoms with Crippen LogP contribution in [0.1, 0.15) is 0 Å². The average molecular weight is 225 g/mol. The highest BCUT2D eigenvalue weighted by atomic mass is 19.1. The summed E-state index contributed by atoms with van der Waals surface area (Å²) >= 11 is 0. The Morgan fingerprint density at radius 3 is 2.62 bits per heavy atom. The molecule has 16 heavy (non-hydrogen) atoms. The Morgan fingerprint density at radius 1 is 1.31 bits per heavy atom. The van der Waals surface area contributed by atoms with Gasteiger partial charge in [-0.3, -0.25) is 4.98 Å². The zero-order valence-electron chi connectivity index (χ0n) is 8.41. The molecule has 2 aromatic heterocycles. The molecule has 0 bridgehead atoms. The topological polar surface area (TPSA) is 81.1 Å². The van der Waals surface area contributed by atoms with Gasteiger partial charge >= 0.3 is 0 Å². The molecule has 0 saturated carbocycles. The van der Waals surface area contributed by atoms with Gasteiger partial charge in [0.1, 0.15) is 5.69 Å². The lowest BCUT2D eigenvalue weighted by Gasteiger charge is -2.16. The molecule has 7 heteroatoms. The van der Waals surface area contributed by atoms with E-state index < -0.39 is 11.8 Å². The van der Waals surface area contributed by atoms with Crippen LogP contribution in [0, 0.1) is 11.8 Å². The quantitative estimate of drug-likeness (QED) is 0.426. The standard InChI is InChI=1S/C9H9F2N5/c1-16(13)7-4-2-14-3-5(10)6(4)8(11)15-9(7)12/h2-3H,13H2,1H3,(H2,12,15). The molecule has 0 aliphatic carbocycles. The summed E-state index contributed by atoms with van der Waals surface area (Å²) in [7, 11) is 1.50. The maximum Gasteiger partial charge on any atom is 0.225 e. The van der Waals surface area contributed by atoms with Gasteiger partial charge in [0.15, 0.2) is 11.6 Å². The van der Waals surface area contributed by atoms with Crippen molar-refractivity contribution in [1.82, 2.24) is 9.97 Å². The van der Waals surface area contributed by atoms with Crippen LogP contribution in [0.3, 0.4) is 0 Å². The summed E-state index contributed by atoms with van der Waals surface area (Å²) in [6, 6.07) is 0. The lowest BCUT2D eigenvalue weighted by molar-refractivity contribution is 0.578. The Bertz CT molecular complexity index is 555. The maximum atomic E-state index is 13.4. The zero-order chi connectivity index (χ0) is 11.9. The van der Waals surface area contributed by atoms with Crippen LogP contribution in [0.5, 0.6) is 0 Å². The van der Waals surface area contributed by atoms with Crippen molar-refractivity contribution in [2.45, 2.75) is 0 Å². The second-order valence-corrected chi connectivity index (χ2v) is 3.29. The van der Waals surface area contributed by atoms with E-state index in [9.17, 15) is 8.78 Å². The Hall–Kier alpha value is -2.02. The van der Waals surface area contributed by atoms with Gasteiger partial charge in [-0.2, -0.15) is 9.37 Å². The summed E-state index contributed by atoms with van der Waals surface area (Å²) in [5.41, 5.74) is 5.75. The molecule has 0 saturated heterocycles. The molecule has 2 rings (SSSR count). The fraction of sp³-hybridized carbons (Fsp3) is 0.111. The SMILES string of the molecule is CN(N)c1c(N)nc(F)c2c(F)cncc12. The van der Waals surface area contributed by atoms with Crippen molar-refractivity contribution in [3.05, 3.63) is 24.2 Å². The van der Waals surface area contributed by atoms with Crippen molar-refractivity contribution in [3.63, 3.8) is 0 Å². The molecule has 0 atom stereocenters. The number of hydrogen-bond donors (Lipinski definition) is 2. The summed E-state index contributed by atoms with van der Waals surface area (Å²) in [4.78, 5) is 7.04. The van der Waals surface area contributed by atoms with Crippen LogP contribution in [0.2, 0.25) is 0 Å². The molecule has 2 heterocycles. The summed E-state index contributed by atoms with van der Waals surface area (Å²) in [6.45, 7) is 0. The van der Waals surface area contributed by atoms with Crippen LogP contribution in [0.25, 0.3) is 10.8 Å². The van der Waals surface area contributed by atoms with E-state index in [-0.39, 0.29) is 22.3 Å². The first-order chi connectivity index (χ1) is 7.52. The number of fused-ring (bicyclic) bond motifs is 1. The summed E-state index contributed by atoms with van der Waals surface area (Å²) < 4.78 is 26.8. The second-order valence-electron chi connectivity index (χ2n) is 3.29. The fourth-order valence-electron chi connectivity index (χ4n) is 1.55. The number of hydrazine groups is 1. The summed E-state index contributed by atoms with van der Waals surface area (Å²) in [5, 5.41) is 1.07. The molecular formula is C9H9F2N5. The monoisotopic (exact) mass is 225 g/mol. The normalized spacial score (nSPS) is 10.8. The number of rotatable bonds is 1. The molecule has 0 radical (unpaired) electrons. The van der Waals surface area contributed by atoms with Gasteiger partial charge in [0, 0.05) is 18.6 Å². The number of hydrogen-bond acceptors (Lipinski definition) is 5. The zero-order valence-corrected chi connectivity index (χ0v) is 8.41. The number of aromatic nitrogens is 2. The van der Waals surface area contributed by atoms with Gasteiger partial charge in [-0.05, 0) is 0 Å². The molecule has 84 valence electrons. The van der Waals surface area contributed by atoms with Crippen molar-refractivity contribution in [2.75, 3.05) is 17.8 Å². The van der Waals surface area contributed by atoms with Crippen LogP contribution in [0.15, 0.2) is 12.4 Å². The molecule has 0 spiro atoms. The number of nitrogen functional groups attached to an aromatic ring is 1. The number of anilines is 2. The Labute approximate surface area is 89.7 Å². The fourth-order valence-corrected chi connectivity index (χ4v) is 1.55. The smallest absolute Gasteiger partial charge is 0.225 e. The van der Waals surface area contributed by atoms with Gasteiger partial charge in [-0.25, -0.2) is 10.2 Å². The Morgan fingerprint density at radius 2 is 2.00 bits per heavy atom. The predicted octanol–water partition coefficient (Wildman–Crippen LogP) is 0.800. The lowest BCUT2D eigenvalue weighted by atomic mass is 10.2. The number of nitrogens with two attached hydrogens (primary N) is 2. The van der Waals surface area contributed by atoms with Crippen LogP contribution in [0.4, 0.5) is 20.3 Å². The van der Waals surface area contributed by atoms with Crippen LogP contribution < -0.4 is 16.6 Å². The Balaban J connectivity index is 2.96. The van der Waals surface area contributed by atoms with Gasteiger partial charge in [0.25, 0.3) is 0 Å². The molecule has 0 unspecified atom stereocenters. The minimum Gasteiger partial charge on any atom is -0.382 e. The molecule has 5 nitrogen and oxygen atoms in total. The van der Waals surface area contributed by atoms with Gasteiger partial charge in [0.05, 0.1) is 11.6 Å². The first-order valence-corrected chi connectivity index (χ1v) is 4.39. The van der Waals surface area contributed by atoms with E-state index in [0.717, 1.165) is 11.2 Å². The molecule has 2 aromatic rings. The third kappa shape index (κ3) is 1.41. The highest BCUT2D eigenvalue weighted by Crippen LogP contribution is 2.31. The minimum atomic E-state index is -0.974. The van der Waals surface area contributed by atoms with Crippen molar-refractivity contribution >= 4 is 22.3 Å². The van der Waals surface area contributed by atoms with Crippen LogP contribution >= 0.6 is 0 Å². The van der Waals surface area contributed by atoms with E-state index in [2.05, 4.69) is 9.97 Å². The van der Waals surface area contributed by atoms with Crippen molar-refractivity contribution in [3.8, 4) is 0 Å². The average Bonchev–Trinajstić information content (AvgIpc) is 2.15. The number of nitrogens with zero attached hydrogens (tertiary/aromatic N) is 3.